The quantitative estimate of drug-likeness (QED) is 0.351. The summed E-state index contributed by atoms with van der Waals surface area (Å²) in [7, 11) is 0. The van der Waals surface area contributed by atoms with Crippen molar-refractivity contribution in [2.45, 2.75) is 19.6 Å². The number of carbonyl (C=O) groups excluding carboxylic acids is 1. The van der Waals surface area contributed by atoms with Gasteiger partial charge in [-0.3, -0.25) is 9.69 Å². The molecule has 1 atom stereocenters. The van der Waals surface area contributed by atoms with Gasteiger partial charge in [0.2, 0.25) is 0 Å². The number of benzene rings is 3. The average Bonchev–Trinajstić information content (AvgIpc) is 2.82. The van der Waals surface area contributed by atoms with Gasteiger partial charge >= 0.3 is 0 Å². The van der Waals surface area contributed by atoms with Gasteiger partial charge in [0.05, 0.1) is 23.3 Å². The third kappa shape index (κ3) is 6.53. The van der Waals surface area contributed by atoms with Crippen LogP contribution in [0, 0.1) is 6.92 Å². The summed E-state index contributed by atoms with van der Waals surface area (Å²) in [5.41, 5.74) is 3.93. The highest BCUT2D eigenvalue weighted by molar-refractivity contribution is 6.36. The molecule has 0 N–H and O–H groups in total. The van der Waals surface area contributed by atoms with Crippen LogP contribution in [0.25, 0.3) is 0 Å². The largest absolute Gasteiger partial charge is 0.368 e. The highest BCUT2D eigenvalue weighted by Crippen LogP contribution is 2.25. The molecule has 178 valence electrons. The van der Waals surface area contributed by atoms with Gasteiger partial charge in [-0.25, -0.2) is 0 Å². The minimum atomic E-state index is -0.106. The predicted molar refractivity (Wildman–Crippen MR) is 139 cm³/mol. The zero-order valence-corrected chi connectivity index (χ0v) is 21.3. The van der Waals surface area contributed by atoms with E-state index in [4.69, 9.17) is 39.5 Å². The van der Waals surface area contributed by atoms with Crippen molar-refractivity contribution in [1.82, 2.24) is 9.80 Å². The first kappa shape index (κ1) is 25.0. The summed E-state index contributed by atoms with van der Waals surface area (Å²) in [5.74, 6) is -0.0636. The summed E-state index contributed by atoms with van der Waals surface area (Å²) in [5, 5.41) is 1.60. The Morgan fingerprint density at radius 3 is 2.29 bits per heavy atom. The molecule has 7 heteroatoms. The lowest BCUT2D eigenvalue weighted by Gasteiger charge is -2.36. The van der Waals surface area contributed by atoms with Crippen molar-refractivity contribution in [1.29, 1.82) is 0 Å². The van der Waals surface area contributed by atoms with Crippen molar-refractivity contribution < 1.29 is 9.53 Å². The first-order valence-corrected chi connectivity index (χ1v) is 12.4. The van der Waals surface area contributed by atoms with E-state index in [0.717, 1.165) is 30.8 Å². The number of piperazine rings is 1. The first-order valence-electron chi connectivity index (χ1n) is 11.3. The second-order valence-corrected chi connectivity index (χ2v) is 9.84. The van der Waals surface area contributed by atoms with Gasteiger partial charge in [0.1, 0.15) is 0 Å². The topological polar surface area (TPSA) is 32.8 Å². The molecule has 0 unspecified atom stereocenters. The summed E-state index contributed by atoms with van der Waals surface area (Å²) >= 11 is 18.3. The molecule has 1 aliphatic rings. The number of hydrogen-bond acceptors (Lipinski definition) is 3. The maximum Gasteiger partial charge on any atom is 0.255 e. The lowest BCUT2D eigenvalue weighted by molar-refractivity contribution is 0.00341. The van der Waals surface area contributed by atoms with Crippen molar-refractivity contribution >= 4 is 40.7 Å². The zero-order valence-electron chi connectivity index (χ0n) is 19.0. The third-order valence-electron chi connectivity index (χ3n) is 6.02. The fourth-order valence-electron chi connectivity index (χ4n) is 4.13. The minimum Gasteiger partial charge on any atom is -0.368 e. The molecule has 4 nitrogen and oxygen atoms in total. The molecular formula is C27H27Cl3N2O2. The van der Waals surface area contributed by atoms with Crippen molar-refractivity contribution in [2.75, 3.05) is 32.7 Å². The van der Waals surface area contributed by atoms with Crippen LogP contribution in [0.2, 0.25) is 15.1 Å². The van der Waals surface area contributed by atoms with Crippen LogP contribution in [0.4, 0.5) is 0 Å². The summed E-state index contributed by atoms with van der Waals surface area (Å²) < 4.78 is 6.39. The van der Waals surface area contributed by atoms with Gasteiger partial charge in [0, 0.05) is 42.8 Å². The standard InChI is InChI=1S/C27H27Cl3N2O2/c1-19-3-2-4-20(15-19)18-34-26(21-5-7-22(28)8-6-21)17-31-11-13-32(14-12-31)27(33)24-10-9-23(29)16-25(24)30/h2-10,15-16,26H,11-14,17-18H2,1H3/t26-/m0/s1. The molecule has 3 aromatic carbocycles. The second kappa shape index (κ2) is 11.6. The predicted octanol–water partition coefficient (Wildman–Crippen LogP) is 6.67. The van der Waals surface area contributed by atoms with Gasteiger partial charge in [-0.15, -0.1) is 0 Å². The van der Waals surface area contributed by atoms with Crippen molar-refractivity contribution in [3.8, 4) is 0 Å². The smallest absolute Gasteiger partial charge is 0.255 e. The molecule has 1 aliphatic heterocycles. The first-order chi connectivity index (χ1) is 16.4. The van der Waals surface area contributed by atoms with Crippen LogP contribution in [-0.4, -0.2) is 48.4 Å². The van der Waals surface area contributed by atoms with Gasteiger partial charge in [-0.2, -0.15) is 0 Å². The molecule has 0 bridgehead atoms. The van der Waals surface area contributed by atoms with Crippen LogP contribution in [0.15, 0.2) is 66.7 Å². The SMILES string of the molecule is Cc1cccc(CO[C@@H](CN2CCN(C(=O)c3ccc(Cl)cc3Cl)CC2)c2ccc(Cl)cc2)c1. The second-order valence-electron chi connectivity index (χ2n) is 8.56. The van der Waals surface area contributed by atoms with E-state index in [2.05, 4.69) is 36.1 Å². The number of hydrogen-bond donors (Lipinski definition) is 0. The molecule has 1 saturated heterocycles. The van der Waals surface area contributed by atoms with Crippen LogP contribution in [0.3, 0.4) is 0 Å². The van der Waals surface area contributed by atoms with Crippen LogP contribution < -0.4 is 0 Å². The Labute approximate surface area is 216 Å². The van der Waals surface area contributed by atoms with Crippen molar-refractivity contribution in [3.05, 3.63) is 104 Å². The lowest BCUT2D eigenvalue weighted by atomic mass is 10.1. The number of halogens is 3. The van der Waals surface area contributed by atoms with Crippen molar-refractivity contribution in [2.24, 2.45) is 0 Å². The van der Waals surface area contributed by atoms with Crippen LogP contribution in [0.5, 0.6) is 0 Å². The molecule has 0 radical (unpaired) electrons. The number of rotatable bonds is 7. The van der Waals surface area contributed by atoms with E-state index in [1.54, 1.807) is 18.2 Å². The number of nitrogens with zero attached hydrogens (tertiary/aromatic N) is 2. The van der Waals surface area contributed by atoms with Gasteiger partial charge in [0.15, 0.2) is 0 Å². The van der Waals surface area contributed by atoms with Crippen LogP contribution in [-0.2, 0) is 11.3 Å². The molecule has 0 aliphatic carbocycles. The number of amides is 1. The van der Waals surface area contributed by atoms with E-state index >= 15 is 0 Å². The third-order valence-corrected chi connectivity index (χ3v) is 6.82. The molecule has 1 amide bonds. The fourth-order valence-corrected chi connectivity index (χ4v) is 4.75. The Morgan fingerprint density at radius 1 is 0.912 bits per heavy atom. The maximum atomic E-state index is 12.9. The molecule has 0 saturated carbocycles. The van der Waals surface area contributed by atoms with Crippen LogP contribution in [0.1, 0.15) is 33.2 Å². The molecule has 4 rings (SSSR count). The highest BCUT2D eigenvalue weighted by atomic mass is 35.5. The Kier molecular flexibility index (Phi) is 8.51. The Hall–Kier alpha value is -2.08. The Bertz CT molecular complexity index is 1130. The normalized spacial score (nSPS) is 15.4. The Morgan fingerprint density at radius 2 is 1.62 bits per heavy atom. The van der Waals surface area contributed by atoms with E-state index in [1.807, 2.05) is 29.2 Å². The molecule has 0 spiro atoms. The molecular weight excluding hydrogens is 491 g/mol. The minimum absolute atomic E-state index is 0.0636. The molecule has 1 fully saturated rings. The molecule has 0 aromatic heterocycles. The van der Waals surface area contributed by atoms with E-state index in [1.165, 1.54) is 5.56 Å². The average molecular weight is 518 g/mol. The van der Waals surface area contributed by atoms with Gasteiger partial charge in [-0.05, 0) is 48.4 Å². The summed E-state index contributed by atoms with van der Waals surface area (Å²) in [6.45, 7) is 6.12. The molecule has 1 heterocycles. The number of ether oxygens (including phenoxy) is 1. The zero-order chi connectivity index (χ0) is 24.1. The van der Waals surface area contributed by atoms with Crippen molar-refractivity contribution in [3.63, 3.8) is 0 Å². The van der Waals surface area contributed by atoms with E-state index < -0.39 is 0 Å². The van der Waals surface area contributed by atoms with Gasteiger partial charge < -0.3 is 9.64 Å². The molecule has 34 heavy (non-hydrogen) atoms. The van der Waals surface area contributed by atoms with E-state index in [0.29, 0.717) is 40.3 Å². The molecule has 3 aromatic rings. The maximum absolute atomic E-state index is 12.9. The van der Waals surface area contributed by atoms with E-state index in [-0.39, 0.29) is 12.0 Å². The van der Waals surface area contributed by atoms with Gasteiger partial charge in [0.25, 0.3) is 5.91 Å². The highest BCUT2D eigenvalue weighted by Gasteiger charge is 2.26. The monoisotopic (exact) mass is 516 g/mol. The van der Waals surface area contributed by atoms with Gasteiger partial charge in [-0.1, -0.05) is 76.8 Å². The number of aryl methyl sites for hydroxylation is 1. The lowest BCUT2D eigenvalue weighted by Crippen LogP contribution is -2.49. The summed E-state index contributed by atoms with van der Waals surface area (Å²) in [6, 6.07) is 21.2. The number of carbonyl (C=O) groups is 1. The Balaban J connectivity index is 1.39. The summed E-state index contributed by atoms with van der Waals surface area (Å²) in [6.07, 6.45) is -0.106. The van der Waals surface area contributed by atoms with E-state index in [9.17, 15) is 4.79 Å². The fraction of sp³-hybridized carbons (Fsp3) is 0.296. The van der Waals surface area contributed by atoms with Crippen LogP contribution >= 0.6 is 34.8 Å². The summed E-state index contributed by atoms with van der Waals surface area (Å²) in [4.78, 5) is 17.1.